The van der Waals surface area contributed by atoms with E-state index < -0.39 is 11.3 Å². The van der Waals surface area contributed by atoms with Crippen molar-refractivity contribution < 1.29 is 0 Å². The lowest BCUT2D eigenvalue weighted by molar-refractivity contribution is 0.215. The number of nitriles is 2. The highest BCUT2D eigenvalue weighted by molar-refractivity contribution is 7.63. The van der Waals surface area contributed by atoms with Crippen LogP contribution in [0.3, 0.4) is 0 Å². The van der Waals surface area contributed by atoms with Gasteiger partial charge in [0.15, 0.2) is 0 Å². The number of hydrogen-bond donors (Lipinski definition) is 1. The van der Waals surface area contributed by atoms with Crippen molar-refractivity contribution in [3.05, 3.63) is 10.6 Å². The Balaban J connectivity index is 2.56. The van der Waals surface area contributed by atoms with Crippen LogP contribution in [-0.4, -0.2) is 5.84 Å². The van der Waals surface area contributed by atoms with Crippen LogP contribution in [0.5, 0.6) is 0 Å². The highest BCUT2D eigenvalue weighted by atomic mass is 32.1. The number of nitrogens with two attached hydrogens (primary N) is 1. The number of aliphatic imine (C=N–C) groups is 1. The van der Waals surface area contributed by atoms with Crippen molar-refractivity contribution >= 4 is 18.5 Å². The van der Waals surface area contributed by atoms with Gasteiger partial charge in [-0.05, 0) is 12.8 Å². The molecule has 1 aliphatic heterocycles. The minimum absolute atomic E-state index is 0.276. The van der Waals surface area contributed by atoms with Crippen LogP contribution in [0.15, 0.2) is 15.6 Å². The summed E-state index contributed by atoms with van der Waals surface area (Å²) in [5, 5.41) is 18.9. The van der Waals surface area contributed by atoms with Crippen LogP contribution < -0.4 is 5.73 Å². The summed E-state index contributed by atoms with van der Waals surface area (Å²) in [6.45, 7) is 0. The van der Waals surface area contributed by atoms with Gasteiger partial charge in [0.2, 0.25) is 0 Å². The van der Waals surface area contributed by atoms with Crippen LogP contribution in [-0.2, 0) is 12.6 Å². The lowest BCUT2D eigenvalue weighted by Gasteiger charge is -2.44. The van der Waals surface area contributed by atoms with E-state index in [2.05, 4.69) is 17.1 Å². The average Bonchev–Trinajstić information content (AvgIpc) is 2.30. The first-order valence-electron chi connectivity index (χ1n) is 5.71. The highest BCUT2D eigenvalue weighted by Gasteiger charge is 2.47. The molecule has 2 aliphatic rings. The summed E-state index contributed by atoms with van der Waals surface area (Å²) >= 11 is 5.12. The fourth-order valence-corrected chi connectivity index (χ4v) is 3.30. The largest absolute Gasteiger partial charge is 0.759 e. The molecule has 0 aromatic heterocycles. The van der Waals surface area contributed by atoms with E-state index in [1.807, 2.05) is 0 Å². The zero-order valence-corrected chi connectivity index (χ0v) is 10.3. The summed E-state index contributed by atoms with van der Waals surface area (Å²) in [5.74, 6) is -0.220. The van der Waals surface area contributed by atoms with Gasteiger partial charge >= 0.3 is 0 Å². The SMILES string of the molecule is N#CC1=C([S-])N=C(N)C(C#N)C12CCCCC2. The Bertz CT molecular complexity index is 472. The zero-order valence-electron chi connectivity index (χ0n) is 9.44. The number of amidine groups is 1. The molecule has 1 spiro atoms. The lowest BCUT2D eigenvalue weighted by Crippen LogP contribution is -2.44. The molecule has 0 radical (unpaired) electrons. The van der Waals surface area contributed by atoms with E-state index in [0.29, 0.717) is 5.57 Å². The number of nitrogens with zero attached hydrogens (tertiary/aromatic N) is 3. The third kappa shape index (κ3) is 1.67. The first kappa shape index (κ1) is 11.9. The van der Waals surface area contributed by atoms with Gasteiger partial charge in [0.25, 0.3) is 0 Å². The Morgan fingerprint density at radius 3 is 2.47 bits per heavy atom. The monoisotopic (exact) mass is 245 g/mol. The van der Waals surface area contributed by atoms with Crippen molar-refractivity contribution in [1.29, 1.82) is 10.5 Å². The molecule has 1 unspecified atom stereocenters. The Hall–Kier alpha value is -1.59. The van der Waals surface area contributed by atoms with Gasteiger partial charge in [0, 0.05) is 11.0 Å². The first-order chi connectivity index (χ1) is 8.15. The maximum Gasteiger partial charge on any atom is 0.115 e. The van der Waals surface area contributed by atoms with Gasteiger partial charge in [0.05, 0.1) is 12.1 Å². The molecule has 0 bridgehead atoms. The molecule has 0 saturated heterocycles. The molecule has 17 heavy (non-hydrogen) atoms. The van der Waals surface area contributed by atoms with Gasteiger partial charge in [-0.2, -0.15) is 10.5 Å². The predicted octanol–water partition coefficient (Wildman–Crippen LogP) is 1.73. The van der Waals surface area contributed by atoms with Crippen molar-refractivity contribution in [3.8, 4) is 12.1 Å². The Kier molecular flexibility index (Phi) is 3.04. The number of rotatable bonds is 0. The molecule has 0 amide bonds. The standard InChI is InChI=1S/C12H14N4S/c13-6-8-10(15)16-11(17)9(7-14)12(8)4-2-1-3-5-12/h8,17H,1-5H2,(H2,15,16)/p-1. The number of hydrogen-bond acceptors (Lipinski definition) is 5. The normalized spacial score (nSPS) is 27.2. The predicted molar refractivity (Wildman–Crippen MR) is 66.2 cm³/mol. The first-order valence-corrected chi connectivity index (χ1v) is 6.12. The fraction of sp³-hybridized carbons (Fsp3) is 0.583. The summed E-state index contributed by atoms with van der Waals surface area (Å²) in [4.78, 5) is 3.98. The molecule has 1 fully saturated rings. The van der Waals surface area contributed by atoms with Gasteiger partial charge in [-0.1, -0.05) is 24.3 Å². The molecule has 5 heteroatoms. The molecule has 1 heterocycles. The highest BCUT2D eigenvalue weighted by Crippen LogP contribution is 2.50. The van der Waals surface area contributed by atoms with Crippen LogP contribution in [0.2, 0.25) is 0 Å². The van der Waals surface area contributed by atoms with Crippen molar-refractivity contribution in [3.63, 3.8) is 0 Å². The molecule has 1 aliphatic carbocycles. The van der Waals surface area contributed by atoms with E-state index in [-0.39, 0.29) is 10.9 Å². The summed E-state index contributed by atoms with van der Waals surface area (Å²) in [5.41, 5.74) is 5.85. The third-order valence-electron chi connectivity index (χ3n) is 3.78. The van der Waals surface area contributed by atoms with Crippen molar-refractivity contribution in [2.24, 2.45) is 22.1 Å². The van der Waals surface area contributed by atoms with Crippen LogP contribution >= 0.6 is 0 Å². The molecule has 1 atom stereocenters. The van der Waals surface area contributed by atoms with E-state index in [9.17, 15) is 10.5 Å². The van der Waals surface area contributed by atoms with E-state index in [0.717, 1.165) is 32.1 Å². The summed E-state index contributed by atoms with van der Waals surface area (Å²) < 4.78 is 0. The molecule has 0 aromatic carbocycles. The van der Waals surface area contributed by atoms with E-state index >= 15 is 0 Å². The van der Waals surface area contributed by atoms with Gasteiger partial charge in [0.1, 0.15) is 11.8 Å². The van der Waals surface area contributed by atoms with E-state index in [1.165, 1.54) is 0 Å². The van der Waals surface area contributed by atoms with Crippen molar-refractivity contribution in [2.75, 3.05) is 0 Å². The Labute approximate surface area is 106 Å². The van der Waals surface area contributed by atoms with Gasteiger partial charge in [-0.25, -0.2) is 0 Å². The zero-order chi connectivity index (χ0) is 12.5. The minimum Gasteiger partial charge on any atom is -0.759 e. The molecular weight excluding hydrogens is 232 g/mol. The van der Waals surface area contributed by atoms with Crippen LogP contribution in [0.25, 0.3) is 0 Å². The molecular formula is C12H13N4S-. The van der Waals surface area contributed by atoms with E-state index in [1.54, 1.807) is 0 Å². The molecule has 2 N–H and O–H groups in total. The lowest BCUT2D eigenvalue weighted by atomic mass is 9.61. The summed E-state index contributed by atoms with van der Waals surface area (Å²) in [7, 11) is 0. The quantitative estimate of drug-likeness (QED) is 0.658. The van der Waals surface area contributed by atoms with Crippen molar-refractivity contribution in [2.45, 2.75) is 32.1 Å². The van der Waals surface area contributed by atoms with Crippen LogP contribution in [0, 0.1) is 34.0 Å². The maximum absolute atomic E-state index is 9.30. The Morgan fingerprint density at radius 2 is 1.94 bits per heavy atom. The molecule has 1 saturated carbocycles. The van der Waals surface area contributed by atoms with Crippen molar-refractivity contribution in [1.82, 2.24) is 0 Å². The van der Waals surface area contributed by atoms with Crippen LogP contribution in [0.4, 0.5) is 0 Å². The topological polar surface area (TPSA) is 86.0 Å². The average molecular weight is 245 g/mol. The molecule has 0 aromatic rings. The van der Waals surface area contributed by atoms with Gasteiger partial charge in [-0.15, -0.1) is 0 Å². The maximum atomic E-state index is 9.30. The fourth-order valence-electron chi connectivity index (χ4n) is 2.95. The molecule has 88 valence electrons. The second-order valence-electron chi connectivity index (χ2n) is 4.61. The third-order valence-corrected chi connectivity index (χ3v) is 4.07. The van der Waals surface area contributed by atoms with E-state index in [4.69, 9.17) is 18.4 Å². The van der Waals surface area contributed by atoms with Crippen LogP contribution in [0.1, 0.15) is 32.1 Å². The second-order valence-corrected chi connectivity index (χ2v) is 4.99. The number of allylic oxidation sites excluding steroid dienone is 1. The smallest absolute Gasteiger partial charge is 0.115 e. The second kappa shape index (κ2) is 4.35. The summed E-state index contributed by atoms with van der Waals surface area (Å²) in [6, 6.07) is 4.37. The summed E-state index contributed by atoms with van der Waals surface area (Å²) in [6.07, 6.45) is 4.79. The molecule has 2 rings (SSSR count). The van der Waals surface area contributed by atoms with Gasteiger partial charge < -0.3 is 18.4 Å². The van der Waals surface area contributed by atoms with Gasteiger partial charge in [-0.3, -0.25) is 4.99 Å². The molecule has 4 nitrogen and oxygen atoms in total. The minimum atomic E-state index is -0.496. The Morgan fingerprint density at radius 1 is 1.29 bits per heavy atom.